The molecule has 120 valence electrons. The molecular formula is C20H20N4. The van der Waals surface area contributed by atoms with Crippen LogP contribution in [0.1, 0.15) is 37.1 Å². The van der Waals surface area contributed by atoms with E-state index < -0.39 is 0 Å². The summed E-state index contributed by atoms with van der Waals surface area (Å²) in [5, 5.41) is 17.6. The molecule has 0 aliphatic rings. The van der Waals surface area contributed by atoms with Gasteiger partial charge in [0, 0.05) is 5.56 Å². The van der Waals surface area contributed by atoms with Gasteiger partial charge in [-0.3, -0.25) is 0 Å². The van der Waals surface area contributed by atoms with Crippen molar-refractivity contribution in [3.63, 3.8) is 0 Å². The zero-order valence-electron chi connectivity index (χ0n) is 13.8. The molecule has 0 bridgehead atoms. The second-order valence-electron chi connectivity index (χ2n) is 5.94. The number of aryl methyl sites for hydroxylation is 1. The summed E-state index contributed by atoms with van der Waals surface area (Å²) in [5.74, 6) is 0. The molecule has 0 saturated carbocycles. The van der Waals surface area contributed by atoms with Crippen LogP contribution in [0.5, 0.6) is 0 Å². The highest BCUT2D eigenvalue weighted by Crippen LogP contribution is 2.26. The fraction of sp³-hybridized carbons (Fsp3) is 0.250. The first-order chi connectivity index (χ1) is 11.8. The highest BCUT2D eigenvalue weighted by molar-refractivity contribution is 5.64. The van der Waals surface area contributed by atoms with Gasteiger partial charge < -0.3 is 0 Å². The van der Waals surface area contributed by atoms with Crippen LogP contribution in [0.15, 0.2) is 60.7 Å². The van der Waals surface area contributed by atoms with Gasteiger partial charge in [0.15, 0.2) is 5.69 Å². The summed E-state index contributed by atoms with van der Waals surface area (Å²) in [5.41, 5.74) is 3.53. The minimum atomic E-state index is 0.193. The van der Waals surface area contributed by atoms with Crippen LogP contribution in [0.2, 0.25) is 0 Å². The highest BCUT2D eigenvalue weighted by Gasteiger charge is 2.18. The number of nitrogens with zero attached hydrogens (tertiary/aromatic N) is 4. The van der Waals surface area contributed by atoms with Crippen molar-refractivity contribution in [2.75, 3.05) is 0 Å². The summed E-state index contributed by atoms with van der Waals surface area (Å²) in [6.07, 6.45) is 3.11. The van der Waals surface area contributed by atoms with Crippen molar-refractivity contribution in [2.24, 2.45) is 0 Å². The number of aromatic nitrogens is 3. The monoisotopic (exact) mass is 316 g/mol. The van der Waals surface area contributed by atoms with E-state index in [4.69, 9.17) is 0 Å². The Hall–Kier alpha value is -2.93. The highest BCUT2D eigenvalue weighted by atomic mass is 15.4. The maximum Gasteiger partial charge on any atom is 0.190 e. The summed E-state index contributed by atoms with van der Waals surface area (Å²) in [4.78, 5) is 0. The molecule has 0 radical (unpaired) electrons. The fourth-order valence-corrected chi connectivity index (χ4v) is 2.91. The molecular weight excluding hydrogens is 296 g/mol. The molecule has 4 heteroatoms. The summed E-state index contributed by atoms with van der Waals surface area (Å²) in [6.45, 7) is 2.13. The molecule has 0 spiro atoms. The summed E-state index contributed by atoms with van der Waals surface area (Å²) in [6, 6.07) is 22.7. The third-order valence-electron chi connectivity index (χ3n) is 4.20. The zero-order chi connectivity index (χ0) is 16.8. The van der Waals surface area contributed by atoms with E-state index >= 15 is 0 Å². The summed E-state index contributed by atoms with van der Waals surface area (Å²) in [7, 11) is 0. The lowest BCUT2D eigenvalue weighted by atomic mass is 10.0. The maximum absolute atomic E-state index is 9.33. The second-order valence-corrected chi connectivity index (χ2v) is 5.94. The Kier molecular flexibility index (Phi) is 5.02. The maximum atomic E-state index is 9.33. The van der Waals surface area contributed by atoms with E-state index in [0.717, 1.165) is 30.5 Å². The largest absolute Gasteiger partial charge is 0.240 e. The van der Waals surface area contributed by atoms with Crippen molar-refractivity contribution < 1.29 is 0 Å². The van der Waals surface area contributed by atoms with Crippen LogP contribution in [0.25, 0.3) is 11.3 Å². The predicted molar refractivity (Wildman–Crippen MR) is 94.3 cm³/mol. The van der Waals surface area contributed by atoms with Crippen LogP contribution in [0, 0.1) is 11.3 Å². The molecule has 3 aromatic rings. The van der Waals surface area contributed by atoms with E-state index in [9.17, 15) is 5.26 Å². The van der Waals surface area contributed by atoms with Crippen molar-refractivity contribution in [1.29, 1.82) is 5.26 Å². The molecule has 0 fully saturated rings. The molecule has 3 rings (SSSR count). The van der Waals surface area contributed by atoms with Gasteiger partial charge in [0.1, 0.15) is 11.8 Å². The summed E-state index contributed by atoms with van der Waals surface area (Å²) < 4.78 is 1.89. The van der Waals surface area contributed by atoms with E-state index in [-0.39, 0.29) is 6.04 Å². The fourth-order valence-electron chi connectivity index (χ4n) is 2.91. The molecule has 0 aliphatic carbocycles. The first-order valence-electron chi connectivity index (χ1n) is 8.24. The number of hydrogen-bond acceptors (Lipinski definition) is 3. The van der Waals surface area contributed by atoms with Crippen LogP contribution in [-0.4, -0.2) is 15.0 Å². The molecule has 1 aromatic heterocycles. The lowest BCUT2D eigenvalue weighted by molar-refractivity contribution is 0.439. The van der Waals surface area contributed by atoms with Crippen molar-refractivity contribution in [3.8, 4) is 17.3 Å². The molecule has 2 aromatic carbocycles. The van der Waals surface area contributed by atoms with E-state index in [0.29, 0.717) is 5.69 Å². The van der Waals surface area contributed by atoms with Gasteiger partial charge >= 0.3 is 0 Å². The van der Waals surface area contributed by atoms with Gasteiger partial charge in [-0.1, -0.05) is 65.9 Å². The van der Waals surface area contributed by atoms with Gasteiger partial charge in [-0.25, -0.2) is 4.68 Å². The Bertz CT molecular complexity index is 816. The van der Waals surface area contributed by atoms with Crippen LogP contribution >= 0.6 is 0 Å². The topological polar surface area (TPSA) is 54.5 Å². The average molecular weight is 316 g/mol. The normalized spacial score (nSPS) is 11.8. The molecule has 4 nitrogen and oxygen atoms in total. The number of rotatable bonds is 6. The molecule has 0 saturated heterocycles. The first kappa shape index (κ1) is 15.9. The van der Waals surface area contributed by atoms with Crippen LogP contribution in [0.4, 0.5) is 0 Å². The van der Waals surface area contributed by atoms with Crippen LogP contribution in [-0.2, 0) is 6.42 Å². The standard InChI is InChI=1S/C20H20N4/c1-16(9-8-12-17-10-4-2-5-11-17)24-20(19(15-21)22-23-24)18-13-6-3-7-14-18/h2-7,10-11,13-14,16H,8-9,12H2,1H3. The number of benzene rings is 2. The van der Waals surface area contributed by atoms with Crippen molar-refractivity contribution in [3.05, 3.63) is 71.9 Å². The molecule has 1 atom stereocenters. The zero-order valence-corrected chi connectivity index (χ0v) is 13.8. The van der Waals surface area contributed by atoms with Crippen molar-refractivity contribution in [2.45, 2.75) is 32.2 Å². The smallest absolute Gasteiger partial charge is 0.190 e. The molecule has 1 unspecified atom stereocenters. The molecule has 1 heterocycles. The molecule has 0 N–H and O–H groups in total. The Morgan fingerprint density at radius 2 is 1.71 bits per heavy atom. The van der Waals surface area contributed by atoms with Gasteiger partial charge in [-0.2, -0.15) is 5.26 Å². The Morgan fingerprint density at radius 1 is 1.04 bits per heavy atom. The van der Waals surface area contributed by atoms with Crippen LogP contribution < -0.4 is 0 Å². The molecule has 0 amide bonds. The first-order valence-corrected chi connectivity index (χ1v) is 8.24. The predicted octanol–water partition coefficient (Wildman–Crippen LogP) is 4.40. The second kappa shape index (κ2) is 7.56. The third kappa shape index (κ3) is 3.52. The van der Waals surface area contributed by atoms with E-state index in [1.807, 2.05) is 41.1 Å². The minimum absolute atomic E-state index is 0.193. The van der Waals surface area contributed by atoms with Gasteiger partial charge in [-0.05, 0) is 31.7 Å². The third-order valence-corrected chi connectivity index (χ3v) is 4.20. The Labute approximate surface area is 142 Å². The van der Waals surface area contributed by atoms with E-state index in [2.05, 4.69) is 47.6 Å². The van der Waals surface area contributed by atoms with Gasteiger partial charge in [0.2, 0.25) is 0 Å². The lowest BCUT2D eigenvalue weighted by Crippen LogP contribution is -2.09. The number of hydrogen-bond donors (Lipinski definition) is 0. The summed E-state index contributed by atoms with van der Waals surface area (Å²) >= 11 is 0. The van der Waals surface area contributed by atoms with Gasteiger partial charge in [-0.15, -0.1) is 5.10 Å². The van der Waals surface area contributed by atoms with E-state index in [1.165, 1.54) is 5.56 Å². The lowest BCUT2D eigenvalue weighted by Gasteiger charge is -2.15. The quantitative estimate of drug-likeness (QED) is 0.677. The Balaban J connectivity index is 1.74. The number of nitriles is 1. The van der Waals surface area contributed by atoms with Crippen LogP contribution in [0.3, 0.4) is 0 Å². The van der Waals surface area contributed by atoms with Crippen molar-refractivity contribution in [1.82, 2.24) is 15.0 Å². The molecule has 0 aliphatic heterocycles. The SMILES string of the molecule is CC(CCCc1ccccc1)n1nnc(C#N)c1-c1ccccc1. The van der Waals surface area contributed by atoms with Gasteiger partial charge in [0.05, 0.1) is 6.04 Å². The van der Waals surface area contributed by atoms with Gasteiger partial charge in [0.25, 0.3) is 0 Å². The average Bonchev–Trinajstić information content (AvgIpc) is 3.07. The van der Waals surface area contributed by atoms with Crippen molar-refractivity contribution >= 4 is 0 Å². The Morgan fingerprint density at radius 3 is 2.38 bits per heavy atom. The minimum Gasteiger partial charge on any atom is -0.240 e. The molecule has 24 heavy (non-hydrogen) atoms. The van der Waals surface area contributed by atoms with E-state index in [1.54, 1.807) is 0 Å².